The molecule has 0 aliphatic carbocycles. The molecule has 2 atom stereocenters. The smallest absolute Gasteiger partial charge is 0.357 e. The van der Waals surface area contributed by atoms with E-state index in [-0.39, 0.29) is 5.82 Å². The third-order valence-electron chi connectivity index (χ3n) is 3.05. The zero-order valence-electron chi connectivity index (χ0n) is 9.50. The molecule has 0 saturated carbocycles. The van der Waals surface area contributed by atoms with Crippen molar-refractivity contribution in [3.05, 3.63) is 35.6 Å². The van der Waals surface area contributed by atoms with Gasteiger partial charge in [-0.1, -0.05) is 30.7 Å². The van der Waals surface area contributed by atoms with Crippen molar-refractivity contribution >= 4 is 17.6 Å². The molecule has 1 heterocycles. The maximum atomic E-state index is 12.9. The molecule has 2 unspecified atom stereocenters. The van der Waals surface area contributed by atoms with E-state index in [0.29, 0.717) is 12.0 Å². The second-order valence-corrected chi connectivity index (χ2v) is 4.41. The van der Waals surface area contributed by atoms with Crippen LogP contribution in [0.4, 0.5) is 4.39 Å². The van der Waals surface area contributed by atoms with Crippen molar-refractivity contribution in [2.45, 2.75) is 24.0 Å². The Balaban J connectivity index is 2.36. The summed E-state index contributed by atoms with van der Waals surface area (Å²) in [6, 6.07) is 5.74. The first-order valence-electron chi connectivity index (χ1n) is 5.23. The van der Waals surface area contributed by atoms with Crippen LogP contribution in [-0.2, 0) is 19.9 Å². The van der Waals surface area contributed by atoms with Gasteiger partial charge >= 0.3 is 5.97 Å². The number of halogens is 2. The molecule has 0 radical (unpaired) electrons. The Bertz CT molecular complexity index is 448. The highest BCUT2D eigenvalue weighted by atomic mass is 35.5. The fourth-order valence-electron chi connectivity index (χ4n) is 2.02. The highest BCUT2D eigenvalue weighted by Gasteiger charge is 2.75. The second kappa shape index (κ2) is 3.96. The molecule has 1 aliphatic heterocycles. The molecule has 0 amide bonds. The van der Waals surface area contributed by atoms with E-state index in [4.69, 9.17) is 16.3 Å². The van der Waals surface area contributed by atoms with E-state index in [2.05, 4.69) is 4.74 Å². The number of benzene rings is 1. The monoisotopic (exact) mass is 258 g/mol. The average molecular weight is 259 g/mol. The van der Waals surface area contributed by atoms with Gasteiger partial charge in [-0.2, -0.15) is 0 Å². The van der Waals surface area contributed by atoms with E-state index in [1.54, 1.807) is 12.1 Å². The molecule has 0 aromatic heterocycles. The molecule has 1 aromatic rings. The Morgan fingerprint density at radius 2 is 2.06 bits per heavy atom. The maximum absolute atomic E-state index is 12.9. The summed E-state index contributed by atoms with van der Waals surface area (Å²) in [4.78, 5) is 11.6. The van der Waals surface area contributed by atoms with E-state index >= 15 is 0 Å². The van der Waals surface area contributed by atoms with Crippen LogP contribution in [0.2, 0.25) is 0 Å². The zero-order valence-corrected chi connectivity index (χ0v) is 10.3. The van der Waals surface area contributed by atoms with Gasteiger partial charge in [0.2, 0.25) is 0 Å². The molecule has 1 saturated heterocycles. The molecule has 1 fully saturated rings. The number of epoxide rings is 1. The topological polar surface area (TPSA) is 38.8 Å². The molecular formula is C12H12ClFO3. The summed E-state index contributed by atoms with van der Waals surface area (Å²) in [5.74, 6) is -0.982. The van der Waals surface area contributed by atoms with Crippen molar-refractivity contribution in [3.63, 3.8) is 0 Å². The van der Waals surface area contributed by atoms with Crippen LogP contribution in [-0.4, -0.2) is 18.1 Å². The molecule has 5 heteroatoms. The predicted octanol–water partition coefficient (Wildman–Crippen LogP) is 2.57. The molecule has 0 bridgehead atoms. The van der Waals surface area contributed by atoms with Gasteiger partial charge in [-0.05, 0) is 24.1 Å². The van der Waals surface area contributed by atoms with Crippen LogP contribution in [0, 0.1) is 5.82 Å². The number of hydrogen-bond acceptors (Lipinski definition) is 3. The van der Waals surface area contributed by atoms with Crippen molar-refractivity contribution in [3.8, 4) is 0 Å². The number of ether oxygens (including phenoxy) is 2. The summed E-state index contributed by atoms with van der Waals surface area (Å²) in [6.07, 6.45) is 0.497. The first-order valence-corrected chi connectivity index (χ1v) is 5.61. The van der Waals surface area contributed by atoms with Crippen molar-refractivity contribution in [2.75, 3.05) is 7.11 Å². The lowest BCUT2D eigenvalue weighted by Crippen LogP contribution is -2.28. The first kappa shape index (κ1) is 12.3. The van der Waals surface area contributed by atoms with Gasteiger partial charge in [-0.25, -0.2) is 9.18 Å². The molecule has 1 aromatic carbocycles. The standard InChI is InChI=1S/C12H12ClFO3/c1-3-11(8-4-6-9(14)7-5-8)12(13,17-11)10(15)16-2/h4-7H,3H2,1-2H3. The van der Waals surface area contributed by atoms with Crippen molar-refractivity contribution in [2.24, 2.45) is 0 Å². The molecule has 3 nitrogen and oxygen atoms in total. The number of methoxy groups -OCH3 is 1. The molecule has 17 heavy (non-hydrogen) atoms. The summed E-state index contributed by atoms with van der Waals surface area (Å²) in [7, 11) is 1.25. The molecule has 2 rings (SSSR count). The van der Waals surface area contributed by atoms with Gasteiger partial charge in [0.15, 0.2) is 5.60 Å². The van der Waals surface area contributed by atoms with E-state index in [0.717, 1.165) is 0 Å². The molecule has 0 N–H and O–H groups in total. The lowest BCUT2D eigenvalue weighted by Gasteiger charge is -2.12. The molecule has 92 valence electrons. The van der Waals surface area contributed by atoms with Gasteiger partial charge in [0.05, 0.1) is 7.11 Å². The van der Waals surface area contributed by atoms with Gasteiger partial charge in [-0.3, -0.25) is 0 Å². The van der Waals surface area contributed by atoms with Crippen molar-refractivity contribution < 1.29 is 18.7 Å². The Kier molecular flexibility index (Phi) is 2.87. The quantitative estimate of drug-likeness (QED) is 0.475. The number of esters is 1. The summed E-state index contributed by atoms with van der Waals surface area (Å²) >= 11 is 6.10. The first-order chi connectivity index (χ1) is 8.00. The molecule has 0 spiro atoms. The SMILES string of the molecule is CCC1(c2ccc(F)cc2)OC1(Cl)C(=O)OC. The van der Waals surface area contributed by atoms with Gasteiger partial charge in [-0.15, -0.1) is 0 Å². The largest absolute Gasteiger partial charge is 0.466 e. The number of rotatable bonds is 3. The Labute approximate surface area is 103 Å². The van der Waals surface area contributed by atoms with Crippen LogP contribution in [0.5, 0.6) is 0 Å². The van der Waals surface area contributed by atoms with E-state index in [1.807, 2.05) is 6.92 Å². The summed E-state index contributed by atoms with van der Waals surface area (Å²) in [5.41, 5.74) is -0.253. The Morgan fingerprint density at radius 1 is 1.47 bits per heavy atom. The lowest BCUT2D eigenvalue weighted by molar-refractivity contribution is -0.143. The van der Waals surface area contributed by atoms with Crippen molar-refractivity contribution in [1.82, 2.24) is 0 Å². The van der Waals surface area contributed by atoms with Crippen LogP contribution in [0.15, 0.2) is 24.3 Å². The van der Waals surface area contributed by atoms with Crippen LogP contribution in [0.25, 0.3) is 0 Å². The van der Waals surface area contributed by atoms with E-state index < -0.39 is 16.6 Å². The van der Waals surface area contributed by atoms with Crippen LogP contribution in [0.1, 0.15) is 18.9 Å². The molecule has 1 aliphatic rings. The Morgan fingerprint density at radius 3 is 2.53 bits per heavy atom. The van der Waals surface area contributed by atoms with Crippen LogP contribution in [0.3, 0.4) is 0 Å². The number of carbonyl (C=O) groups excluding carboxylic acids is 1. The normalized spacial score (nSPS) is 31.1. The predicted molar refractivity (Wildman–Crippen MR) is 60.1 cm³/mol. The van der Waals surface area contributed by atoms with E-state index in [9.17, 15) is 9.18 Å². The van der Waals surface area contributed by atoms with Crippen LogP contribution < -0.4 is 0 Å². The summed E-state index contributed by atoms with van der Waals surface area (Å²) < 4.78 is 22.8. The lowest BCUT2D eigenvalue weighted by atomic mass is 9.92. The number of hydrogen-bond donors (Lipinski definition) is 0. The Hall–Kier alpha value is -1.13. The highest BCUT2D eigenvalue weighted by Crippen LogP contribution is 2.61. The fourth-order valence-corrected chi connectivity index (χ4v) is 2.47. The number of alkyl halides is 1. The van der Waals surface area contributed by atoms with Gasteiger partial charge < -0.3 is 9.47 Å². The summed E-state index contributed by atoms with van der Waals surface area (Å²) in [6.45, 7) is 1.84. The minimum absolute atomic E-state index is 0.348. The zero-order chi connectivity index (χ0) is 12.7. The van der Waals surface area contributed by atoms with Crippen LogP contribution >= 0.6 is 11.6 Å². The van der Waals surface area contributed by atoms with Gasteiger partial charge in [0.1, 0.15) is 5.82 Å². The minimum Gasteiger partial charge on any atom is -0.466 e. The molecular weight excluding hydrogens is 247 g/mol. The maximum Gasteiger partial charge on any atom is 0.357 e. The highest BCUT2D eigenvalue weighted by molar-refractivity contribution is 6.35. The third-order valence-corrected chi connectivity index (χ3v) is 3.59. The van der Waals surface area contributed by atoms with Crippen molar-refractivity contribution in [1.29, 1.82) is 0 Å². The average Bonchev–Trinajstić information content (AvgIpc) is 2.97. The van der Waals surface area contributed by atoms with Gasteiger partial charge in [0, 0.05) is 0 Å². The summed E-state index contributed by atoms with van der Waals surface area (Å²) in [5, 5.41) is -1.49. The number of carbonyl (C=O) groups is 1. The third kappa shape index (κ3) is 1.63. The second-order valence-electron chi connectivity index (χ2n) is 3.88. The van der Waals surface area contributed by atoms with E-state index in [1.165, 1.54) is 19.2 Å². The minimum atomic E-state index is -1.49. The fraction of sp³-hybridized carbons (Fsp3) is 0.417. The van der Waals surface area contributed by atoms with Gasteiger partial charge in [0.25, 0.3) is 5.06 Å².